The Hall–Kier alpha value is -8.38. The number of carbonyl (C=O) groups excluding carboxylic acids is 10. The van der Waals surface area contributed by atoms with E-state index in [0.29, 0.717) is 24.1 Å². The van der Waals surface area contributed by atoms with Gasteiger partial charge in [-0.15, -0.1) is 0 Å². The molecule has 15 N–H and O–H groups in total. The molecule has 8 atom stereocenters. The van der Waals surface area contributed by atoms with Gasteiger partial charge >= 0.3 is 0 Å². The predicted molar refractivity (Wildman–Crippen MR) is 282 cm³/mol. The number of amides is 9. The van der Waals surface area contributed by atoms with Crippen LogP contribution in [0.4, 0.5) is 0 Å². The van der Waals surface area contributed by atoms with E-state index in [9.17, 15) is 53.1 Å². The number of H-pyrrole nitrogens is 1. The Balaban J connectivity index is 1.58. The third kappa shape index (κ3) is 19.7. The van der Waals surface area contributed by atoms with Crippen molar-refractivity contribution in [1.82, 2.24) is 52.1 Å². The van der Waals surface area contributed by atoms with Gasteiger partial charge in [-0.05, 0) is 74.1 Å². The highest BCUT2D eigenvalue weighted by Gasteiger charge is 2.41. The molecule has 4 rings (SSSR count). The van der Waals surface area contributed by atoms with Gasteiger partial charge in [-0.1, -0.05) is 70.2 Å². The molecule has 25 heteroatoms. The summed E-state index contributed by atoms with van der Waals surface area (Å²) in [7, 11) is 0. The lowest BCUT2D eigenvalue weighted by Crippen LogP contribution is -2.62. The van der Waals surface area contributed by atoms with Crippen molar-refractivity contribution < 1.29 is 53.1 Å². The van der Waals surface area contributed by atoms with Crippen LogP contribution in [0.25, 0.3) is 0 Å². The van der Waals surface area contributed by atoms with Gasteiger partial charge < -0.3 is 69.4 Å². The van der Waals surface area contributed by atoms with Crippen molar-refractivity contribution in [2.75, 3.05) is 13.1 Å². The Morgan fingerprint density at radius 2 is 1.23 bits per heavy atom. The van der Waals surface area contributed by atoms with Gasteiger partial charge in [-0.25, -0.2) is 4.98 Å². The van der Waals surface area contributed by atoms with E-state index in [1.54, 1.807) is 27.7 Å². The summed E-state index contributed by atoms with van der Waals surface area (Å²) in [4.78, 5) is 148. The largest absolute Gasteiger partial charge is 0.508 e. The highest BCUT2D eigenvalue weighted by Crippen LogP contribution is 2.21. The third-order valence-corrected chi connectivity index (χ3v) is 12.7. The smallest absolute Gasteiger partial charge is 0.246 e. The number of imidazole rings is 1. The number of nitrogens with zero attached hydrogens (tertiary/aromatic N) is 3. The molecular weight excluding hydrogens is 997 g/mol. The molecule has 1 aliphatic heterocycles. The van der Waals surface area contributed by atoms with Gasteiger partial charge in [-0.3, -0.25) is 52.9 Å². The monoisotopic (exact) mass is 1070 g/mol. The van der Waals surface area contributed by atoms with E-state index < -0.39 is 120 Å². The molecular formula is C52H74N14O11. The number of aromatic amines is 1. The fourth-order valence-corrected chi connectivity index (χ4v) is 8.61. The third-order valence-electron chi connectivity index (χ3n) is 12.7. The number of aromatic nitrogens is 2. The van der Waals surface area contributed by atoms with E-state index in [2.05, 4.69) is 52.2 Å². The first-order valence-electron chi connectivity index (χ1n) is 25.5. The number of likely N-dealkylation sites (tertiary alicyclic amines) is 1. The highest BCUT2D eigenvalue weighted by atomic mass is 16.3. The van der Waals surface area contributed by atoms with Crippen LogP contribution in [-0.4, -0.2) is 146 Å². The van der Waals surface area contributed by atoms with Crippen molar-refractivity contribution in [1.29, 1.82) is 0 Å². The molecule has 0 radical (unpaired) electrons. The van der Waals surface area contributed by atoms with Crippen LogP contribution in [0.5, 0.6) is 5.75 Å². The molecule has 1 saturated heterocycles. The number of aliphatic imine (C=N–C) groups is 1. The number of rotatable bonds is 29. The number of nitrogens with two attached hydrogens (primary N) is 3. The SMILES string of the molecule is CC(=O)N[C@@H](CC(N)=O)C(=O)N[C@@H](CCCN=C(N)N)C(=O)N[C@H](C(=O)N[C@@H](Cc1ccc(O)cc1)C(=O)N[C@H](C(=O)N[C@@H](Cc1cnc[nH]1)C(=O)N1CCC[C@H]1C(=O)N[C@@H](Cc1ccccc1)C(C)=O)C(C)C)C(C)C. The number of hydrogen-bond acceptors (Lipinski definition) is 13. The molecule has 2 heterocycles. The summed E-state index contributed by atoms with van der Waals surface area (Å²) in [5, 5.41) is 28.6. The zero-order valence-corrected chi connectivity index (χ0v) is 44.3. The number of benzene rings is 2. The number of phenolic OH excluding ortho intramolecular Hbond substituents is 1. The van der Waals surface area contributed by atoms with Crippen LogP contribution in [0.1, 0.15) is 90.5 Å². The van der Waals surface area contributed by atoms with E-state index in [0.717, 1.165) is 12.5 Å². The van der Waals surface area contributed by atoms with E-state index in [-0.39, 0.29) is 62.7 Å². The number of aromatic hydroxyl groups is 1. The molecule has 0 spiro atoms. The first kappa shape index (κ1) is 61.2. The summed E-state index contributed by atoms with van der Waals surface area (Å²) in [6, 6.07) is 5.03. The molecule has 1 fully saturated rings. The number of nitrogens with one attached hydrogen (secondary N) is 8. The number of ketones is 1. The van der Waals surface area contributed by atoms with Crippen LogP contribution in [-0.2, 0) is 67.2 Å². The molecule has 1 aromatic heterocycles. The van der Waals surface area contributed by atoms with Gasteiger partial charge in [0.15, 0.2) is 11.7 Å². The van der Waals surface area contributed by atoms with Gasteiger partial charge in [0, 0.05) is 44.7 Å². The lowest BCUT2D eigenvalue weighted by Gasteiger charge is -2.31. The number of hydrogen-bond donors (Lipinski definition) is 12. The summed E-state index contributed by atoms with van der Waals surface area (Å²) in [5.41, 5.74) is 18.0. The van der Waals surface area contributed by atoms with E-state index in [1.165, 1.54) is 48.6 Å². The average molecular weight is 1070 g/mol. The van der Waals surface area contributed by atoms with Gasteiger partial charge in [0.2, 0.25) is 53.2 Å². The second kappa shape index (κ2) is 29.6. The van der Waals surface area contributed by atoms with Crippen LogP contribution in [0.2, 0.25) is 0 Å². The maximum absolute atomic E-state index is 14.6. The Bertz CT molecular complexity index is 2540. The Kier molecular flexibility index (Phi) is 23.5. The molecule has 9 amide bonds. The minimum atomic E-state index is -1.44. The number of primary amides is 1. The Labute approximate surface area is 446 Å². The van der Waals surface area contributed by atoms with Crippen LogP contribution >= 0.6 is 0 Å². The fraction of sp³-hybridized carbons (Fsp3) is 0.500. The fourth-order valence-electron chi connectivity index (χ4n) is 8.61. The van der Waals surface area contributed by atoms with Crippen molar-refractivity contribution in [3.8, 4) is 5.75 Å². The van der Waals surface area contributed by atoms with Gasteiger partial charge in [0.25, 0.3) is 0 Å². The van der Waals surface area contributed by atoms with Crippen molar-refractivity contribution >= 4 is 64.9 Å². The van der Waals surface area contributed by atoms with E-state index >= 15 is 0 Å². The van der Waals surface area contributed by atoms with Crippen LogP contribution in [0, 0.1) is 11.8 Å². The molecule has 0 saturated carbocycles. The van der Waals surface area contributed by atoms with Gasteiger partial charge in [0.05, 0.1) is 18.8 Å². The van der Waals surface area contributed by atoms with Gasteiger partial charge in [0.1, 0.15) is 48.0 Å². The summed E-state index contributed by atoms with van der Waals surface area (Å²) in [6.45, 7) is 9.30. The molecule has 3 aromatic rings. The lowest BCUT2D eigenvalue weighted by molar-refractivity contribution is -0.142. The van der Waals surface area contributed by atoms with Crippen molar-refractivity contribution in [3.05, 3.63) is 83.9 Å². The first-order valence-corrected chi connectivity index (χ1v) is 25.5. The van der Waals surface area contributed by atoms with Crippen LogP contribution in [0.15, 0.2) is 72.1 Å². The summed E-state index contributed by atoms with van der Waals surface area (Å²) in [6.07, 6.45) is 3.14. The van der Waals surface area contributed by atoms with Crippen molar-refractivity contribution in [2.45, 2.75) is 141 Å². The second-order valence-corrected chi connectivity index (χ2v) is 19.7. The minimum Gasteiger partial charge on any atom is -0.508 e. The maximum atomic E-state index is 14.6. The number of carbonyl (C=O) groups is 10. The summed E-state index contributed by atoms with van der Waals surface area (Å²) < 4.78 is 0. The van der Waals surface area contributed by atoms with Crippen LogP contribution < -0.4 is 54.4 Å². The Morgan fingerprint density at radius 3 is 1.78 bits per heavy atom. The minimum absolute atomic E-state index is 0.0498. The lowest BCUT2D eigenvalue weighted by atomic mass is 9.98. The molecule has 2 aromatic carbocycles. The quantitative estimate of drug-likeness (QED) is 0.0211. The van der Waals surface area contributed by atoms with E-state index in [4.69, 9.17) is 17.2 Å². The topological polar surface area (TPSA) is 397 Å². The normalized spacial score (nSPS) is 15.8. The molecule has 0 unspecified atom stereocenters. The standard InChI is InChI=1S/C52H74N14O11/c1-28(2)43(64-45(71)36(14-10-20-57-52(54)55)60-46(72)39(25-42(53)70)59-31(6)68)49(75)62-38(23-33-16-18-35(69)19-17-33)47(73)65-44(29(3)4)50(76)63-40(24-34-26-56-27-58-34)51(77)66-21-11-15-41(66)48(74)61-37(30(5)67)22-32-12-8-7-9-13-32/h7-9,12-13,16-19,26-29,36-41,43-44,69H,10-11,14-15,20-25H2,1-6H3,(H2,53,70)(H,56,58)(H,59,68)(H,60,72)(H,61,74)(H,62,75)(H,63,76)(H,64,71)(H,65,73)(H4,54,55,57)/t36-,37-,38-,39-,40-,41-,43-,44-/m0/s1. The summed E-state index contributed by atoms with van der Waals surface area (Å²) in [5.74, 6) is -8.67. The first-order chi connectivity index (χ1) is 36.4. The number of guanidine groups is 1. The molecule has 0 bridgehead atoms. The van der Waals surface area contributed by atoms with Crippen molar-refractivity contribution in [3.63, 3.8) is 0 Å². The predicted octanol–water partition coefficient (Wildman–Crippen LogP) is -1.62. The maximum Gasteiger partial charge on any atom is 0.246 e. The van der Waals surface area contributed by atoms with E-state index in [1.807, 2.05) is 30.3 Å². The number of Topliss-reactive ketones (excluding diaryl/α,β-unsaturated/α-hetero) is 1. The zero-order chi connectivity index (χ0) is 56.9. The van der Waals surface area contributed by atoms with Gasteiger partial charge in [-0.2, -0.15) is 0 Å². The molecule has 0 aliphatic carbocycles. The average Bonchev–Trinajstić information content (AvgIpc) is 4.08. The molecule has 77 heavy (non-hydrogen) atoms. The van der Waals surface area contributed by atoms with Crippen molar-refractivity contribution in [2.24, 2.45) is 34.0 Å². The zero-order valence-electron chi connectivity index (χ0n) is 44.3. The molecule has 1 aliphatic rings. The molecule has 25 nitrogen and oxygen atoms in total. The molecule has 418 valence electrons. The number of phenols is 1. The van der Waals surface area contributed by atoms with Crippen LogP contribution in [0.3, 0.4) is 0 Å². The second-order valence-electron chi connectivity index (χ2n) is 19.7. The Morgan fingerprint density at radius 1 is 0.675 bits per heavy atom. The summed E-state index contributed by atoms with van der Waals surface area (Å²) >= 11 is 0. The highest BCUT2D eigenvalue weighted by molar-refractivity contribution is 5.99.